The van der Waals surface area contributed by atoms with Gasteiger partial charge in [-0.25, -0.2) is 0 Å². The molecule has 1 atom stereocenters. The van der Waals surface area contributed by atoms with Gasteiger partial charge < -0.3 is 10.6 Å². The van der Waals surface area contributed by atoms with Crippen LogP contribution in [0.2, 0.25) is 0 Å². The van der Waals surface area contributed by atoms with Crippen LogP contribution in [0.4, 0.5) is 5.69 Å². The van der Waals surface area contributed by atoms with E-state index in [0.29, 0.717) is 0 Å². The first-order chi connectivity index (χ1) is 13.9. The van der Waals surface area contributed by atoms with E-state index >= 15 is 0 Å². The van der Waals surface area contributed by atoms with E-state index < -0.39 is 11.8 Å². The molecule has 0 aliphatic heterocycles. The number of anilines is 1. The van der Waals surface area contributed by atoms with Gasteiger partial charge in [0.2, 0.25) is 0 Å². The molecule has 4 nitrogen and oxygen atoms in total. The van der Waals surface area contributed by atoms with E-state index in [4.69, 9.17) is 0 Å². The maximum absolute atomic E-state index is 12.6. The Kier molecular flexibility index (Phi) is 6.73. The number of amides is 2. The molecule has 1 aliphatic carbocycles. The molecule has 2 aromatic rings. The summed E-state index contributed by atoms with van der Waals surface area (Å²) in [4.78, 5) is 25.3. The van der Waals surface area contributed by atoms with Crippen molar-refractivity contribution in [2.75, 3.05) is 5.32 Å². The minimum absolute atomic E-state index is 0.165. The number of aryl methyl sites for hydroxylation is 3. The third-order valence-corrected chi connectivity index (χ3v) is 5.86. The topological polar surface area (TPSA) is 58.2 Å². The molecule has 0 aromatic heterocycles. The van der Waals surface area contributed by atoms with E-state index in [1.165, 1.54) is 24.0 Å². The Bertz CT molecular complexity index is 902. The monoisotopic (exact) mass is 392 g/mol. The van der Waals surface area contributed by atoms with Gasteiger partial charge in [-0.2, -0.15) is 0 Å². The molecule has 0 saturated carbocycles. The normalized spacial score (nSPS) is 14.2. The maximum atomic E-state index is 12.6. The largest absolute Gasteiger partial charge is 0.341 e. The van der Waals surface area contributed by atoms with Gasteiger partial charge in [-0.3, -0.25) is 9.59 Å². The minimum Gasteiger partial charge on any atom is -0.341 e. The van der Waals surface area contributed by atoms with Gasteiger partial charge >= 0.3 is 11.8 Å². The molecule has 0 saturated heterocycles. The van der Waals surface area contributed by atoms with Crippen LogP contribution < -0.4 is 10.6 Å². The Morgan fingerprint density at radius 3 is 2.41 bits per heavy atom. The van der Waals surface area contributed by atoms with Crippen LogP contribution in [0.3, 0.4) is 0 Å². The minimum atomic E-state index is -0.613. The SMILES string of the molecule is CCC(NC(=O)C(=O)Nc1c(C)cccc1C(C)C)c1ccc2c(c1)CCCC2. The molecule has 1 unspecified atom stereocenters. The fraction of sp³-hybridized carbons (Fsp3) is 0.440. The van der Waals surface area contributed by atoms with Crippen molar-refractivity contribution in [3.8, 4) is 0 Å². The lowest BCUT2D eigenvalue weighted by atomic mass is 9.89. The Morgan fingerprint density at radius 2 is 1.72 bits per heavy atom. The predicted octanol–water partition coefficient (Wildman–Crippen LogP) is 5.20. The van der Waals surface area contributed by atoms with Crippen molar-refractivity contribution in [1.82, 2.24) is 5.32 Å². The van der Waals surface area contributed by atoms with Crippen molar-refractivity contribution >= 4 is 17.5 Å². The summed E-state index contributed by atoms with van der Waals surface area (Å²) in [6.45, 7) is 8.13. The second-order valence-corrected chi connectivity index (χ2v) is 8.32. The zero-order valence-electron chi connectivity index (χ0n) is 18.0. The summed E-state index contributed by atoms with van der Waals surface area (Å²) in [6, 6.07) is 12.2. The summed E-state index contributed by atoms with van der Waals surface area (Å²) in [5, 5.41) is 5.77. The van der Waals surface area contributed by atoms with Gasteiger partial charge in [0.1, 0.15) is 0 Å². The van der Waals surface area contributed by atoms with E-state index in [2.05, 4.69) is 42.7 Å². The molecular formula is C25H32N2O2. The first-order valence-electron chi connectivity index (χ1n) is 10.7. The molecule has 2 aromatic carbocycles. The van der Waals surface area contributed by atoms with Crippen LogP contribution >= 0.6 is 0 Å². The number of rotatable bonds is 5. The van der Waals surface area contributed by atoms with Crippen molar-refractivity contribution in [2.45, 2.75) is 71.8 Å². The lowest BCUT2D eigenvalue weighted by Gasteiger charge is -2.22. The summed E-state index contributed by atoms with van der Waals surface area (Å²) < 4.78 is 0. The molecule has 0 radical (unpaired) electrons. The predicted molar refractivity (Wildman–Crippen MR) is 118 cm³/mol. The summed E-state index contributed by atoms with van der Waals surface area (Å²) in [5.41, 5.74) is 6.61. The number of hydrogen-bond acceptors (Lipinski definition) is 2. The molecule has 0 bridgehead atoms. The fourth-order valence-electron chi connectivity index (χ4n) is 4.13. The molecule has 4 heteroatoms. The van der Waals surface area contributed by atoms with E-state index in [0.717, 1.165) is 41.6 Å². The first-order valence-corrected chi connectivity index (χ1v) is 10.7. The Hall–Kier alpha value is -2.62. The highest BCUT2D eigenvalue weighted by molar-refractivity contribution is 6.39. The fourth-order valence-corrected chi connectivity index (χ4v) is 4.13. The van der Waals surface area contributed by atoms with Crippen LogP contribution in [0.25, 0.3) is 0 Å². The van der Waals surface area contributed by atoms with Crippen LogP contribution in [0, 0.1) is 6.92 Å². The van der Waals surface area contributed by atoms with Gasteiger partial charge in [0.05, 0.1) is 6.04 Å². The smallest absolute Gasteiger partial charge is 0.313 e. The lowest BCUT2D eigenvalue weighted by Crippen LogP contribution is -2.38. The highest BCUT2D eigenvalue weighted by Crippen LogP contribution is 2.28. The van der Waals surface area contributed by atoms with Gasteiger partial charge in [0.25, 0.3) is 0 Å². The zero-order valence-corrected chi connectivity index (χ0v) is 18.0. The van der Waals surface area contributed by atoms with Gasteiger partial charge in [0, 0.05) is 5.69 Å². The number of hydrogen-bond donors (Lipinski definition) is 2. The van der Waals surface area contributed by atoms with Crippen molar-refractivity contribution in [3.63, 3.8) is 0 Å². The zero-order chi connectivity index (χ0) is 21.0. The highest BCUT2D eigenvalue weighted by atomic mass is 16.2. The van der Waals surface area contributed by atoms with Crippen LogP contribution in [0.15, 0.2) is 36.4 Å². The molecule has 2 N–H and O–H groups in total. The highest BCUT2D eigenvalue weighted by Gasteiger charge is 2.22. The lowest BCUT2D eigenvalue weighted by molar-refractivity contribution is -0.136. The van der Waals surface area contributed by atoms with Crippen LogP contribution in [0.5, 0.6) is 0 Å². The molecule has 0 heterocycles. The molecule has 1 aliphatic rings. The van der Waals surface area contributed by atoms with Crippen LogP contribution in [-0.2, 0) is 22.4 Å². The Balaban J connectivity index is 1.73. The third-order valence-electron chi connectivity index (χ3n) is 5.86. The number of para-hydroxylation sites is 1. The number of benzene rings is 2. The first kappa shape index (κ1) is 21.1. The quantitative estimate of drug-likeness (QED) is 0.687. The molecule has 154 valence electrons. The molecule has 29 heavy (non-hydrogen) atoms. The second kappa shape index (κ2) is 9.25. The van der Waals surface area contributed by atoms with Gasteiger partial charge in [-0.15, -0.1) is 0 Å². The average Bonchev–Trinajstić information content (AvgIpc) is 2.72. The van der Waals surface area contributed by atoms with E-state index in [1.54, 1.807) is 0 Å². The summed E-state index contributed by atoms with van der Waals surface area (Å²) in [7, 11) is 0. The van der Waals surface area contributed by atoms with Crippen LogP contribution in [-0.4, -0.2) is 11.8 Å². The number of nitrogens with one attached hydrogen (secondary N) is 2. The molecule has 0 fully saturated rings. The van der Waals surface area contributed by atoms with E-state index in [-0.39, 0.29) is 12.0 Å². The van der Waals surface area contributed by atoms with Crippen molar-refractivity contribution in [3.05, 3.63) is 64.2 Å². The van der Waals surface area contributed by atoms with Gasteiger partial charge in [-0.05, 0) is 72.8 Å². The van der Waals surface area contributed by atoms with Gasteiger partial charge in [0.15, 0.2) is 0 Å². The summed E-state index contributed by atoms with van der Waals surface area (Å²) in [5.74, 6) is -0.947. The Labute approximate surface area is 174 Å². The molecule has 2 amide bonds. The Morgan fingerprint density at radius 1 is 1.00 bits per heavy atom. The summed E-state index contributed by atoms with van der Waals surface area (Å²) >= 11 is 0. The second-order valence-electron chi connectivity index (χ2n) is 8.32. The molecule has 3 rings (SSSR count). The number of fused-ring (bicyclic) bond motifs is 1. The summed E-state index contributed by atoms with van der Waals surface area (Å²) in [6.07, 6.45) is 5.43. The number of carbonyl (C=O) groups is 2. The van der Waals surface area contributed by atoms with Crippen LogP contribution in [0.1, 0.15) is 79.8 Å². The standard InChI is InChI=1S/C25H32N2O2/c1-5-22(20-14-13-18-10-6-7-11-19(18)15-20)26-24(28)25(29)27-23-17(4)9-8-12-21(23)16(2)3/h8-9,12-16,22H,5-7,10-11H2,1-4H3,(H,26,28)(H,27,29). The molecule has 0 spiro atoms. The number of carbonyl (C=O) groups excluding carboxylic acids is 2. The van der Waals surface area contributed by atoms with E-state index in [1.807, 2.05) is 32.0 Å². The van der Waals surface area contributed by atoms with E-state index in [9.17, 15) is 9.59 Å². The maximum Gasteiger partial charge on any atom is 0.313 e. The van der Waals surface area contributed by atoms with Crippen molar-refractivity contribution in [2.24, 2.45) is 0 Å². The van der Waals surface area contributed by atoms with Crippen molar-refractivity contribution in [1.29, 1.82) is 0 Å². The molecular weight excluding hydrogens is 360 g/mol. The average molecular weight is 393 g/mol. The van der Waals surface area contributed by atoms with Crippen molar-refractivity contribution < 1.29 is 9.59 Å². The van der Waals surface area contributed by atoms with Gasteiger partial charge in [-0.1, -0.05) is 57.2 Å². The third kappa shape index (κ3) is 4.87.